The smallest absolute Gasteiger partial charge is 0.408 e. The molecule has 0 aliphatic heterocycles. The highest BCUT2D eigenvalue weighted by Gasteiger charge is 2.35. The van der Waals surface area contributed by atoms with Crippen molar-refractivity contribution in [1.82, 2.24) is 5.32 Å². The maximum Gasteiger partial charge on any atom is 0.408 e. The number of nitro groups is 1. The highest BCUT2D eigenvalue weighted by molar-refractivity contribution is 5.68. The van der Waals surface area contributed by atoms with E-state index in [1.807, 2.05) is 13.0 Å². The van der Waals surface area contributed by atoms with Gasteiger partial charge in [0.15, 0.2) is 0 Å². The summed E-state index contributed by atoms with van der Waals surface area (Å²) in [7, 11) is 0. The van der Waals surface area contributed by atoms with E-state index in [4.69, 9.17) is 4.74 Å². The third kappa shape index (κ3) is 5.72. The quantitative estimate of drug-likeness (QED) is 0.473. The average Bonchev–Trinajstić information content (AvgIpc) is 2.17. The Labute approximate surface area is 114 Å². The van der Waals surface area contributed by atoms with Gasteiger partial charge in [0.1, 0.15) is 11.6 Å². The molecule has 1 aliphatic carbocycles. The summed E-state index contributed by atoms with van der Waals surface area (Å²) < 4.78 is 5.09. The number of carbonyl (C=O) groups is 1. The molecule has 6 nitrogen and oxygen atoms in total. The van der Waals surface area contributed by atoms with Gasteiger partial charge in [-0.3, -0.25) is 10.1 Å². The van der Waals surface area contributed by atoms with Crippen LogP contribution in [0.2, 0.25) is 0 Å². The van der Waals surface area contributed by atoms with Gasteiger partial charge in [0.2, 0.25) is 6.04 Å². The molecule has 0 bridgehead atoms. The summed E-state index contributed by atoms with van der Waals surface area (Å²) in [5.74, 6) is 0.150. The molecule has 0 aromatic heterocycles. The number of nitrogens with one attached hydrogen (secondary N) is 1. The van der Waals surface area contributed by atoms with Crippen molar-refractivity contribution < 1.29 is 14.5 Å². The molecule has 1 amide bonds. The second kappa shape index (κ2) is 6.54. The molecule has 1 N–H and O–H groups in total. The Morgan fingerprint density at radius 1 is 1.42 bits per heavy atom. The third-order valence-electron chi connectivity index (χ3n) is 2.63. The van der Waals surface area contributed by atoms with E-state index >= 15 is 0 Å². The van der Waals surface area contributed by atoms with Crippen molar-refractivity contribution >= 4 is 6.09 Å². The van der Waals surface area contributed by atoms with Crippen molar-refractivity contribution in [3.63, 3.8) is 0 Å². The van der Waals surface area contributed by atoms with Crippen LogP contribution in [0.25, 0.3) is 0 Å². The van der Waals surface area contributed by atoms with Crippen LogP contribution in [0.4, 0.5) is 4.79 Å². The fourth-order valence-corrected chi connectivity index (χ4v) is 1.85. The lowest BCUT2D eigenvalue weighted by molar-refractivity contribution is -0.527. The number of ether oxygens (including phenoxy) is 1. The van der Waals surface area contributed by atoms with Crippen LogP contribution in [0.5, 0.6) is 0 Å². The van der Waals surface area contributed by atoms with E-state index in [1.54, 1.807) is 26.8 Å². The van der Waals surface area contributed by atoms with Crippen LogP contribution in [-0.4, -0.2) is 28.7 Å². The Balaban J connectivity index is 0.00000324. The largest absolute Gasteiger partial charge is 0.444 e. The fourth-order valence-electron chi connectivity index (χ4n) is 1.85. The van der Waals surface area contributed by atoms with Crippen LogP contribution in [0, 0.1) is 23.5 Å². The number of rotatable bonds is 2. The summed E-state index contributed by atoms with van der Waals surface area (Å²) in [4.78, 5) is 22.2. The van der Waals surface area contributed by atoms with Crippen molar-refractivity contribution in [3.8, 4) is 0 Å². The van der Waals surface area contributed by atoms with E-state index in [1.165, 1.54) is 0 Å². The van der Waals surface area contributed by atoms with Crippen molar-refractivity contribution in [2.45, 2.75) is 51.8 Å². The molecule has 6 heteroatoms. The van der Waals surface area contributed by atoms with E-state index in [0.717, 1.165) is 0 Å². The molecule has 0 aromatic rings. The monoisotopic (exact) mass is 268 g/mol. The summed E-state index contributed by atoms with van der Waals surface area (Å²) in [6.45, 7) is 7.15. The molecule has 1 aliphatic rings. The van der Waals surface area contributed by atoms with E-state index in [2.05, 4.69) is 5.32 Å². The summed E-state index contributed by atoms with van der Waals surface area (Å²) in [6.07, 6.45) is 3.34. The Morgan fingerprint density at radius 2 is 2.00 bits per heavy atom. The van der Waals surface area contributed by atoms with Gasteiger partial charge in [-0.15, -0.1) is 0 Å². The second-order valence-electron chi connectivity index (χ2n) is 5.62. The van der Waals surface area contributed by atoms with Gasteiger partial charge in [0.25, 0.3) is 0 Å². The molecule has 4 radical (unpaired) electrons. The van der Waals surface area contributed by atoms with Crippen molar-refractivity contribution in [2.24, 2.45) is 5.92 Å². The summed E-state index contributed by atoms with van der Waals surface area (Å²) in [6, 6.07) is -1.40. The molecule has 0 saturated heterocycles. The number of hydrogen-bond donors (Lipinski definition) is 1. The topological polar surface area (TPSA) is 81.5 Å². The number of carbonyl (C=O) groups excluding carboxylic acids is 1. The van der Waals surface area contributed by atoms with E-state index < -0.39 is 23.8 Å². The van der Waals surface area contributed by atoms with Gasteiger partial charge in [-0.05, 0) is 26.7 Å². The van der Waals surface area contributed by atoms with Crippen LogP contribution in [0.3, 0.4) is 0 Å². The van der Waals surface area contributed by atoms with Gasteiger partial charge in [-0.1, -0.05) is 19.1 Å². The number of allylic oxidation sites excluding steroid dienone is 1. The van der Waals surface area contributed by atoms with Crippen LogP contribution < -0.4 is 5.32 Å². The Bertz CT molecular complexity index is 360. The lowest BCUT2D eigenvalue weighted by Gasteiger charge is -2.26. The first-order valence-electron chi connectivity index (χ1n) is 6.00. The minimum atomic E-state index is -0.794. The number of hydrogen-bond acceptors (Lipinski definition) is 4. The Morgan fingerprint density at radius 3 is 2.47 bits per heavy atom. The minimum absolute atomic E-state index is 0. The van der Waals surface area contributed by atoms with Gasteiger partial charge in [-0.25, -0.2) is 4.79 Å². The zero-order valence-corrected chi connectivity index (χ0v) is 11.7. The van der Waals surface area contributed by atoms with Crippen LogP contribution >= 0.6 is 0 Å². The van der Waals surface area contributed by atoms with Crippen LogP contribution in [0.1, 0.15) is 34.1 Å². The lowest BCUT2D eigenvalue weighted by atomic mass is 9.90. The van der Waals surface area contributed by atoms with Crippen molar-refractivity contribution in [2.75, 3.05) is 0 Å². The van der Waals surface area contributed by atoms with E-state index in [9.17, 15) is 14.9 Å². The molecular formula is C13H20N2O4. The minimum Gasteiger partial charge on any atom is -0.444 e. The maximum atomic E-state index is 11.6. The molecule has 1 rings (SSSR count). The van der Waals surface area contributed by atoms with Gasteiger partial charge < -0.3 is 10.1 Å². The highest BCUT2D eigenvalue weighted by Crippen LogP contribution is 2.20. The van der Waals surface area contributed by atoms with Gasteiger partial charge in [0.05, 0.1) is 0 Å². The van der Waals surface area contributed by atoms with E-state index in [0.29, 0.717) is 6.42 Å². The first-order chi connectivity index (χ1) is 8.19. The SMILES string of the molecule is CC1C=CC(NC(=O)OC(C)(C)C)C([N+](=O)[O-])C1.[C]. The maximum absolute atomic E-state index is 11.6. The van der Waals surface area contributed by atoms with Crippen molar-refractivity contribution in [3.05, 3.63) is 29.7 Å². The lowest BCUT2D eigenvalue weighted by Crippen LogP contribution is -2.49. The van der Waals surface area contributed by atoms with Gasteiger partial charge in [-0.2, -0.15) is 0 Å². The predicted molar refractivity (Wildman–Crippen MR) is 70.1 cm³/mol. The normalized spacial score (nSPS) is 26.2. The molecule has 0 saturated carbocycles. The first-order valence-corrected chi connectivity index (χ1v) is 6.00. The number of alkyl carbamates (subject to hydrolysis) is 1. The standard InChI is InChI=1S/C12H20N2O4.C/c1-8-5-6-9(10(7-8)14(16)17)13-11(15)18-12(2,3)4;/h5-6,8-10H,7H2,1-4H3,(H,13,15);. The highest BCUT2D eigenvalue weighted by atomic mass is 16.6. The van der Waals surface area contributed by atoms with Crippen molar-refractivity contribution in [1.29, 1.82) is 0 Å². The first kappa shape index (κ1) is 17.4. The number of nitrogens with zero attached hydrogens (tertiary/aromatic N) is 1. The van der Waals surface area contributed by atoms with E-state index in [-0.39, 0.29) is 18.3 Å². The predicted octanol–water partition coefficient (Wildman–Crippen LogP) is 2.20. The van der Waals surface area contributed by atoms with Crippen LogP contribution in [0.15, 0.2) is 12.2 Å². The summed E-state index contributed by atoms with van der Waals surface area (Å²) in [5, 5.41) is 13.5. The molecule has 106 valence electrons. The zero-order chi connectivity index (χ0) is 13.9. The van der Waals surface area contributed by atoms with Gasteiger partial charge in [0, 0.05) is 18.8 Å². The molecule has 3 atom stereocenters. The van der Waals surface area contributed by atoms with Crippen LogP contribution in [-0.2, 0) is 4.74 Å². The molecule has 0 spiro atoms. The third-order valence-corrected chi connectivity index (χ3v) is 2.63. The summed E-state index contributed by atoms with van der Waals surface area (Å²) in [5.41, 5.74) is -0.611. The molecule has 3 unspecified atom stereocenters. The van der Waals surface area contributed by atoms with Gasteiger partial charge >= 0.3 is 6.09 Å². The molecule has 0 aromatic carbocycles. The zero-order valence-electron chi connectivity index (χ0n) is 11.7. The Hall–Kier alpha value is -1.59. The second-order valence-corrected chi connectivity index (χ2v) is 5.62. The average molecular weight is 268 g/mol. The Kier molecular flexibility index (Phi) is 5.99. The molecular weight excluding hydrogens is 248 g/mol. The fraction of sp³-hybridized carbons (Fsp3) is 0.692. The summed E-state index contributed by atoms with van der Waals surface area (Å²) >= 11 is 0. The number of amides is 1. The molecule has 0 fully saturated rings. The molecule has 0 heterocycles. The molecule has 19 heavy (non-hydrogen) atoms.